The molecule has 2 atom stereocenters. The average molecular weight is 452 g/mol. The number of carbonyl (C=O) groups excluding carboxylic acids is 1. The number of benzene rings is 1. The van der Waals surface area contributed by atoms with E-state index in [1.165, 1.54) is 13.2 Å². The highest BCUT2D eigenvalue weighted by atomic mass is 32.1. The molecule has 2 N–H and O–H groups in total. The molecule has 0 aliphatic carbocycles. The quantitative estimate of drug-likeness (QED) is 0.412. The predicted molar refractivity (Wildman–Crippen MR) is 120 cm³/mol. The molecule has 0 saturated carbocycles. The first-order chi connectivity index (χ1) is 15.5. The van der Waals surface area contributed by atoms with E-state index in [9.17, 15) is 14.7 Å². The lowest BCUT2D eigenvalue weighted by atomic mass is 10.0. The number of thiocarbonyl (C=S) groups is 1. The van der Waals surface area contributed by atoms with E-state index < -0.39 is 5.97 Å². The maximum atomic E-state index is 11.7. The Bertz CT molecular complexity index is 1150. The molecule has 164 valence electrons. The minimum atomic E-state index is -1.01. The van der Waals surface area contributed by atoms with E-state index in [2.05, 4.69) is 10.3 Å². The van der Waals surface area contributed by atoms with Gasteiger partial charge in [-0.1, -0.05) is 18.2 Å². The second-order valence-corrected chi connectivity index (χ2v) is 7.62. The van der Waals surface area contributed by atoms with Gasteiger partial charge in [-0.15, -0.1) is 0 Å². The summed E-state index contributed by atoms with van der Waals surface area (Å²) in [6, 6.07) is 15.2. The van der Waals surface area contributed by atoms with E-state index in [-0.39, 0.29) is 30.0 Å². The fourth-order valence-corrected chi connectivity index (χ4v) is 4.07. The standard InChI is InChI=1S/C23H21N3O5S/c1-30-19(27)10-12-26-21(20(25-23(26)32)16-7-2-3-11-24-16)18-9-8-17(31-18)14-5-4-6-15(13-14)22(28)29/h2-9,11,13,20-21H,10,12H2,1H3,(H,25,32)(H,28,29)/t20-,21-/m0/s1. The predicted octanol–water partition coefficient (Wildman–Crippen LogP) is 3.58. The summed E-state index contributed by atoms with van der Waals surface area (Å²) in [6.45, 7) is 0.344. The smallest absolute Gasteiger partial charge is 0.335 e. The van der Waals surface area contributed by atoms with Crippen LogP contribution in [-0.2, 0) is 9.53 Å². The second-order valence-electron chi connectivity index (χ2n) is 7.23. The van der Waals surface area contributed by atoms with Crippen LogP contribution in [0.5, 0.6) is 0 Å². The summed E-state index contributed by atoms with van der Waals surface area (Å²) in [5.41, 5.74) is 1.61. The number of nitrogens with one attached hydrogen (secondary N) is 1. The number of hydrogen-bond donors (Lipinski definition) is 2. The molecule has 4 rings (SSSR count). The molecule has 0 radical (unpaired) electrons. The number of carboxylic acid groups (broad SMARTS) is 1. The van der Waals surface area contributed by atoms with Crippen LogP contribution < -0.4 is 5.32 Å². The molecule has 0 bridgehead atoms. The Morgan fingerprint density at radius 3 is 2.78 bits per heavy atom. The molecule has 1 saturated heterocycles. The van der Waals surface area contributed by atoms with Crippen LogP contribution in [0.4, 0.5) is 0 Å². The first-order valence-electron chi connectivity index (χ1n) is 9.96. The molecule has 3 aromatic rings. The van der Waals surface area contributed by atoms with Crippen LogP contribution >= 0.6 is 12.2 Å². The Morgan fingerprint density at radius 1 is 1.22 bits per heavy atom. The van der Waals surface area contributed by atoms with Crippen molar-refractivity contribution < 1.29 is 23.8 Å². The molecule has 3 heterocycles. The van der Waals surface area contributed by atoms with Crippen molar-refractivity contribution in [3.8, 4) is 11.3 Å². The first-order valence-corrected chi connectivity index (χ1v) is 10.4. The number of aromatic carboxylic acids is 1. The molecule has 2 aromatic heterocycles. The summed E-state index contributed by atoms with van der Waals surface area (Å²) < 4.78 is 11.0. The van der Waals surface area contributed by atoms with Crippen LogP contribution in [0.1, 0.15) is 40.3 Å². The normalized spacial score (nSPS) is 17.8. The third-order valence-corrected chi connectivity index (χ3v) is 5.65. The molecular formula is C23H21N3O5S. The fraction of sp³-hybridized carbons (Fsp3) is 0.217. The van der Waals surface area contributed by atoms with Crippen molar-refractivity contribution in [2.75, 3.05) is 13.7 Å². The topological polar surface area (TPSA) is 105 Å². The lowest BCUT2D eigenvalue weighted by Crippen LogP contribution is -2.31. The van der Waals surface area contributed by atoms with Crippen molar-refractivity contribution in [1.82, 2.24) is 15.2 Å². The van der Waals surface area contributed by atoms with E-state index in [0.29, 0.717) is 28.7 Å². The highest BCUT2D eigenvalue weighted by Crippen LogP contribution is 2.40. The average Bonchev–Trinajstić information content (AvgIpc) is 3.42. The van der Waals surface area contributed by atoms with Gasteiger partial charge in [-0.05, 0) is 48.6 Å². The third-order valence-electron chi connectivity index (χ3n) is 5.29. The number of carboxylic acids is 1. The zero-order chi connectivity index (χ0) is 22.7. The number of aromatic nitrogens is 1. The van der Waals surface area contributed by atoms with E-state index in [4.69, 9.17) is 21.4 Å². The monoisotopic (exact) mass is 451 g/mol. The lowest BCUT2D eigenvalue weighted by molar-refractivity contribution is -0.140. The van der Waals surface area contributed by atoms with Crippen LogP contribution in [0.2, 0.25) is 0 Å². The Labute approximate surface area is 189 Å². The number of esters is 1. The van der Waals surface area contributed by atoms with Crippen LogP contribution in [-0.4, -0.2) is 45.7 Å². The Hall–Kier alpha value is -3.72. The van der Waals surface area contributed by atoms with Gasteiger partial charge in [0, 0.05) is 18.3 Å². The molecule has 9 heteroatoms. The Kier molecular flexibility index (Phi) is 6.18. The molecule has 0 unspecified atom stereocenters. The van der Waals surface area contributed by atoms with Crippen molar-refractivity contribution in [2.45, 2.75) is 18.5 Å². The highest BCUT2D eigenvalue weighted by molar-refractivity contribution is 7.80. The van der Waals surface area contributed by atoms with Gasteiger partial charge in [-0.25, -0.2) is 4.79 Å². The molecular weight excluding hydrogens is 430 g/mol. The number of methoxy groups -OCH3 is 1. The van der Waals surface area contributed by atoms with Crippen LogP contribution in [0.25, 0.3) is 11.3 Å². The number of pyridine rings is 1. The molecule has 0 spiro atoms. The SMILES string of the molecule is COC(=O)CCN1C(=S)N[C@@H](c2ccccn2)[C@@H]1c1ccc(-c2cccc(C(=O)O)c2)o1. The lowest BCUT2D eigenvalue weighted by Gasteiger charge is -2.25. The largest absolute Gasteiger partial charge is 0.478 e. The minimum absolute atomic E-state index is 0.165. The van der Waals surface area contributed by atoms with Gasteiger partial charge in [0.2, 0.25) is 0 Å². The summed E-state index contributed by atoms with van der Waals surface area (Å²) in [5.74, 6) is -0.186. The van der Waals surface area contributed by atoms with Gasteiger partial charge in [0.1, 0.15) is 17.6 Å². The maximum absolute atomic E-state index is 11.7. The molecule has 1 aliphatic rings. The van der Waals surface area contributed by atoms with Gasteiger partial charge >= 0.3 is 11.9 Å². The second kappa shape index (κ2) is 9.19. The van der Waals surface area contributed by atoms with Gasteiger partial charge in [-0.2, -0.15) is 0 Å². The highest BCUT2D eigenvalue weighted by Gasteiger charge is 2.41. The van der Waals surface area contributed by atoms with Crippen molar-refractivity contribution in [2.24, 2.45) is 0 Å². The molecule has 8 nitrogen and oxygen atoms in total. The van der Waals surface area contributed by atoms with Gasteiger partial charge in [0.25, 0.3) is 0 Å². The summed E-state index contributed by atoms with van der Waals surface area (Å²) in [7, 11) is 1.35. The number of nitrogens with zero attached hydrogens (tertiary/aromatic N) is 2. The summed E-state index contributed by atoms with van der Waals surface area (Å²) in [6.07, 6.45) is 1.87. The number of hydrogen-bond acceptors (Lipinski definition) is 6. The van der Waals surface area contributed by atoms with Crippen molar-refractivity contribution in [3.63, 3.8) is 0 Å². The Morgan fingerprint density at radius 2 is 2.06 bits per heavy atom. The number of furan rings is 1. The van der Waals surface area contributed by atoms with Crippen LogP contribution in [0.3, 0.4) is 0 Å². The van der Waals surface area contributed by atoms with Crippen molar-refractivity contribution >= 4 is 29.3 Å². The third kappa shape index (κ3) is 4.33. The van der Waals surface area contributed by atoms with E-state index >= 15 is 0 Å². The van der Waals surface area contributed by atoms with E-state index in [1.807, 2.05) is 29.2 Å². The van der Waals surface area contributed by atoms with E-state index in [0.717, 1.165) is 5.69 Å². The summed E-state index contributed by atoms with van der Waals surface area (Å²) in [5, 5.41) is 13.1. The van der Waals surface area contributed by atoms with Gasteiger partial charge < -0.3 is 24.5 Å². The first kappa shape index (κ1) is 21.5. The maximum Gasteiger partial charge on any atom is 0.335 e. The van der Waals surface area contributed by atoms with E-state index in [1.54, 1.807) is 30.5 Å². The van der Waals surface area contributed by atoms with Gasteiger partial charge in [0.05, 0.1) is 30.8 Å². The zero-order valence-corrected chi connectivity index (χ0v) is 18.0. The van der Waals surface area contributed by atoms with Crippen LogP contribution in [0.15, 0.2) is 65.2 Å². The summed E-state index contributed by atoms with van der Waals surface area (Å²) >= 11 is 5.56. The minimum Gasteiger partial charge on any atom is -0.478 e. The van der Waals surface area contributed by atoms with Crippen molar-refractivity contribution in [3.05, 3.63) is 77.8 Å². The van der Waals surface area contributed by atoms with Crippen LogP contribution in [0, 0.1) is 0 Å². The Balaban J connectivity index is 1.69. The molecule has 1 fully saturated rings. The number of rotatable bonds is 7. The summed E-state index contributed by atoms with van der Waals surface area (Å²) in [4.78, 5) is 29.4. The number of ether oxygens (including phenoxy) is 1. The van der Waals surface area contributed by atoms with Gasteiger partial charge in [0.15, 0.2) is 5.11 Å². The molecule has 1 aliphatic heterocycles. The zero-order valence-electron chi connectivity index (χ0n) is 17.2. The number of carbonyl (C=O) groups is 2. The molecule has 0 amide bonds. The van der Waals surface area contributed by atoms with Crippen molar-refractivity contribution in [1.29, 1.82) is 0 Å². The molecule has 32 heavy (non-hydrogen) atoms. The van der Waals surface area contributed by atoms with Gasteiger partial charge in [-0.3, -0.25) is 9.78 Å². The molecule has 1 aromatic carbocycles. The fourth-order valence-electron chi connectivity index (χ4n) is 3.74.